The highest BCUT2D eigenvalue weighted by Gasteiger charge is 2.15. The van der Waals surface area contributed by atoms with E-state index in [-0.39, 0.29) is 0 Å². The molecule has 2 aliphatic rings. The Kier molecular flexibility index (Phi) is 3.11. The van der Waals surface area contributed by atoms with Gasteiger partial charge >= 0.3 is 0 Å². The first-order valence-corrected chi connectivity index (χ1v) is 7.27. The molecule has 0 amide bonds. The average molecular weight is 242 g/mol. The molecule has 1 aliphatic heterocycles. The van der Waals surface area contributed by atoms with Gasteiger partial charge < -0.3 is 0 Å². The van der Waals surface area contributed by atoms with Gasteiger partial charge in [0.1, 0.15) is 0 Å². The van der Waals surface area contributed by atoms with E-state index in [1.807, 2.05) is 11.8 Å². The molecule has 0 saturated heterocycles. The van der Waals surface area contributed by atoms with Gasteiger partial charge in [-0.1, -0.05) is 47.2 Å². The second-order valence-corrected chi connectivity index (χ2v) is 6.12. The third-order valence-corrected chi connectivity index (χ3v) is 4.95. The predicted octanol–water partition coefficient (Wildman–Crippen LogP) is 5.11. The zero-order valence-corrected chi connectivity index (χ0v) is 11.1. The smallest absolute Gasteiger partial charge is 0.0151 e. The molecule has 3 rings (SSSR count). The number of aryl methyl sites for hydroxylation is 1. The maximum atomic E-state index is 2.44. The Morgan fingerprint density at radius 1 is 1.12 bits per heavy atom. The molecule has 1 aromatic carbocycles. The van der Waals surface area contributed by atoms with E-state index >= 15 is 0 Å². The van der Waals surface area contributed by atoms with Gasteiger partial charge in [-0.3, -0.25) is 0 Å². The van der Waals surface area contributed by atoms with Crippen LogP contribution < -0.4 is 0 Å². The molecule has 0 nitrogen and oxygen atoms in total. The van der Waals surface area contributed by atoms with E-state index < -0.39 is 0 Å². The Labute approximate surface area is 108 Å². The summed E-state index contributed by atoms with van der Waals surface area (Å²) in [7, 11) is 0. The van der Waals surface area contributed by atoms with Gasteiger partial charge in [0.05, 0.1) is 0 Å². The molecule has 0 unspecified atom stereocenters. The fraction of sp³-hybridized carbons (Fsp3) is 0.375. The van der Waals surface area contributed by atoms with Gasteiger partial charge in [-0.05, 0) is 55.6 Å². The van der Waals surface area contributed by atoms with Gasteiger partial charge in [-0.2, -0.15) is 0 Å². The minimum Gasteiger partial charge on any atom is -0.0940 e. The SMILES string of the molecule is CC1=C(CC=C2CC2)Sc2ccccc2CC1. The van der Waals surface area contributed by atoms with Crippen molar-refractivity contribution in [2.45, 2.75) is 43.9 Å². The molecule has 0 aromatic heterocycles. The molecule has 0 spiro atoms. The monoisotopic (exact) mass is 242 g/mol. The summed E-state index contributed by atoms with van der Waals surface area (Å²) in [5.41, 5.74) is 4.76. The van der Waals surface area contributed by atoms with Crippen LogP contribution in [0.5, 0.6) is 0 Å². The molecule has 0 N–H and O–H groups in total. The van der Waals surface area contributed by atoms with E-state index in [1.165, 1.54) is 36.1 Å². The molecule has 0 bridgehead atoms. The van der Waals surface area contributed by atoms with Crippen LogP contribution >= 0.6 is 11.8 Å². The van der Waals surface area contributed by atoms with Crippen LogP contribution in [0.1, 0.15) is 38.2 Å². The Morgan fingerprint density at radius 3 is 2.76 bits per heavy atom. The molecule has 17 heavy (non-hydrogen) atoms. The Bertz CT molecular complexity index is 488. The molecular weight excluding hydrogens is 224 g/mol. The zero-order valence-electron chi connectivity index (χ0n) is 10.3. The number of hydrogen-bond donors (Lipinski definition) is 0. The molecule has 1 aliphatic carbocycles. The van der Waals surface area contributed by atoms with Gasteiger partial charge in [0.25, 0.3) is 0 Å². The van der Waals surface area contributed by atoms with Crippen LogP contribution in [-0.4, -0.2) is 0 Å². The number of fused-ring (bicyclic) bond motifs is 1. The molecule has 1 aromatic rings. The van der Waals surface area contributed by atoms with Crippen molar-refractivity contribution in [2.24, 2.45) is 0 Å². The largest absolute Gasteiger partial charge is 0.0940 e. The lowest BCUT2D eigenvalue weighted by molar-refractivity contribution is 0.919. The van der Waals surface area contributed by atoms with Crippen molar-refractivity contribution < 1.29 is 0 Å². The molecule has 1 fully saturated rings. The van der Waals surface area contributed by atoms with E-state index in [4.69, 9.17) is 0 Å². The zero-order chi connectivity index (χ0) is 11.7. The molecule has 0 atom stereocenters. The number of benzene rings is 1. The van der Waals surface area contributed by atoms with Crippen LogP contribution in [0, 0.1) is 0 Å². The lowest BCUT2D eigenvalue weighted by Crippen LogP contribution is -1.85. The van der Waals surface area contributed by atoms with Gasteiger partial charge in [0, 0.05) is 4.90 Å². The van der Waals surface area contributed by atoms with E-state index in [2.05, 4.69) is 37.3 Å². The van der Waals surface area contributed by atoms with E-state index in [1.54, 1.807) is 16.1 Å². The Hall–Kier alpha value is -0.950. The summed E-state index contributed by atoms with van der Waals surface area (Å²) in [5.74, 6) is 0. The standard InChI is InChI=1S/C16H18S/c1-12-6-10-14-4-2-3-5-16(14)17-15(12)11-9-13-7-8-13/h2-5,9H,6-8,10-11H2,1H3. The van der Waals surface area contributed by atoms with Crippen molar-refractivity contribution in [3.05, 3.63) is 52.0 Å². The summed E-state index contributed by atoms with van der Waals surface area (Å²) in [4.78, 5) is 3.04. The highest BCUT2D eigenvalue weighted by molar-refractivity contribution is 8.03. The summed E-state index contributed by atoms with van der Waals surface area (Å²) in [6, 6.07) is 8.86. The summed E-state index contributed by atoms with van der Waals surface area (Å²) in [5, 5.41) is 0. The van der Waals surface area contributed by atoms with Gasteiger partial charge in [-0.15, -0.1) is 0 Å². The van der Waals surface area contributed by atoms with E-state index in [9.17, 15) is 0 Å². The van der Waals surface area contributed by atoms with Crippen molar-refractivity contribution >= 4 is 11.8 Å². The lowest BCUT2D eigenvalue weighted by Gasteiger charge is -2.07. The van der Waals surface area contributed by atoms with Crippen molar-refractivity contribution in [1.29, 1.82) is 0 Å². The first kappa shape index (κ1) is 11.2. The van der Waals surface area contributed by atoms with Crippen LogP contribution in [0.25, 0.3) is 0 Å². The quantitative estimate of drug-likeness (QED) is 0.649. The fourth-order valence-electron chi connectivity index (χ4n) is 2.22. The highest BCUT2D eigenvalue weighted by atomic mass is 32.2. The maximum absolute atomic E-state index is 2.44. The number of allylic oxidation sites excluding steroid dienone is 4. The Balaban J connectivity index is 1.84. The van der Waals surface area contributed by atoms with Crippen molar-refractivity contribution in [3.63, 3.8) is 0 Å². The van der Waals surface area contributed by atoms with Crippen LogP contribution in [-0.2, 0) is 6.42 Å². The van der Waals surface area contributed by atoms with Crippen molar-refractivity contribution in [1.82, 2.24) is 0 Å². The third-order valence-electron chi connectivity index (χ3n) is 3.57. The highest BCUT2D eigenvalue weighted by Crippen LogP contribution is 2.39. The second-order valence-electron chi connectivity index (χ2n) is 4.98. The first-order chi connectivity index (χ1) is 8.33. The lowest BCUT2D eigenvalue weighted by atomic mass is 10.0. The first-order valence-electron chi connectivity index (χ1n) is 6.45. The molecular formula is C16H18S. The molecule has 0 radical (unpaired) electrons. The van der Waals surface area contributed by atoms with Crippen LogP contribution in [0.15, 0.2) is 51.3 Å². The minimum absolute atomic E-state index is 1.15. The molecule has 1 saturated carbocycles. The second kappa shape index (κ2) is 4.73. The fourth-order valence-corrected chi connectivity index (χ4v) is 3.38. The summed E-state index contributed by atoms with van der Waals surface area (Å²) < 4.78 is 0. The Morgan fingerprint density at radius 2 is 1.94 bits per heavy atom. The minimum atomic E-state index is 1.15. The van der Waals surface area contributed by atoms with E-state index in [0.29, 0.717) is 0 Å². The third kappa shape index (κ3) is 2.66. The van der Waals surface area contributed by atoms with Gasteiger partial charge in [0.15, 0.2) is 0 Å². The molecule has 1 heteroatoms. The van der Waals surface area contributed by atoms with E-state index in [0.717, 1.165) is 6.42 Å². The van der Waals surface area contributed by atoms with Crippen LogP contribution in [0.4, 0.5) is 0 Å². The summed E-state index contributed by atoms with van der Waals surface area (Å²) >= 11 is 1.99. The van der Waals surface area contributed by atoms with Crippen molar-refractivity contribution in [3.8, 4) is 0 Å². The van der Waals surface area contributed by atoms with Crippen LogP contribution in [0.3, 0.4) is 0 Å². The maximum Gasteiger partial charge on any atom is 0.0151 e. The number of thioether (sulfide) groups is 1. The topological polar surface area (TPSA) is 0 Å². The van der Waals surface area contributed by atoms with Crippen molar-refractivity contribution in [2.75, 3.05) is 0 Å². The summed E-state index contributed by atoms with van der Waals surface area (Å²) in [6.07, 6.45) is 8.71. The molecule has 1 heterocycles. The number of hydrogen-bond acceptors (Lipinski definition) is 1. The predicted molar refractivity (Wildman–Crippen MR) is 75.3 cm³/mol. The van der Waals surface area contributed by atoms with Crippen LogP contribution in [0.2, 0.25) is 0 Å². The average Bonchev–Trinajstić information content (AvgIpc) is 3.16. The van der Waals surface area contributed by atoms with Gasteiger partial charge in [0.2, 0.25) is 0 Å². The molecule has 88 valence electrons. The normalized spacial score (nSPS) is 18.8. The summed E-state index contributed by atoms with van der Waals surface area (Å²) in [6.45, 7) is 2.31. The van der Waals surface area contributed by atoms with Gasteiger partial charge in [-0.25, -0.2) is 0 Å². The number of rotatable bonds is 2.